The molecule has 6 heteroatoms. The zero-order valence-corrected chi connectivity index (χ0v) is 14.7. The van der Waals surface area contributed by atoms with Crippen LogP contribution in [-0.2, 0) is 16.6 Å². The first-order chi connectivity index (χ1) is 11.5. The quantitative estimate of drug-likeness (QED) is 0.839. The second-order valence-electron chi connectivity index (χ2n) is 6.52. The van der Waals surface area contributed by atoms with Crippen molar-refractivity contribution >= 4 is 21.6 Å². The van der Waals surface area contributed by atoms with Crippen LogP contribution in [0.1, 0.15) is 5.56 Å². The van der Waals surface area contributed by atoms with Crippen LogP contribution in [0, 0.1) is 5.92 Å². The summed E-state index contributed by atoms with van der Waals surface area (Å²) in [6.07, 6.45) is 0. The predicted molar refractivity (Wildman–Crippen MR) is 94.3 cm³/mol. The molecule has 4 nitrogen and oxygen atoms in total. The van der Waals surface area contributed by atoms with Gasteiger partial charge in [-0.3, -0.25) is 4.90 Å². The van der Waals surface area contributed by atoms with Gasteiger partial charge in [0.15, 0.2) is 0 Å². The minimum absolute atomic E-state index is 0.319. The molecule has 0 N–H and O–H groups in total. The van der Waals surface area contributed by atoms with Crippen LogP contribution >= 0.6 is 11.6 Å². The first-order valence-electron chi connectivity index (χ1n) is 8.08. The molecule has 2 aromatic carbocycles. The summed E-state index contributed by atoms with van der Waals surface area (Å²) in [6, 6.07) is 16.9. The third kappa shape index (κ3) is 2.86. The Kier molecular flexibility index (Phi) is 4.12. The molecule has 2 aliphatic heterocycles. The monoisotopic (exact) mass is 362 g/mol. The zero-order chi connectivity index (χ0) is 16.7. The largest absolute Gasteiger partial charge is 0.294 e. The van der Waals surface area contributed by atoms with E-state index in [2.05, 4.69) is 4.90 Å². The number of hydrogen-bond acceptors (Lipinski definition) is 3. The van der Waals surface area contributed by atoms with Crippen molar-refractivity contribution in [3.8, 4) is 0 Å². The summed E-state index contributed by atoms with van der Waals surface area (Å²) in [5, 5.41) is 0.737. The maximum atomic E-state index is 12.7. The number of fused-ring (bicyclic) bond motifs is 1. The van der Waals surface area contributed by atoms with E-state index in [4.69, 9.17) is 11.6 Å². The summed E-state index contributed by atoms with van der Waals surface area (Å²) >= 11 is 5.93. The standard InChI is InChI=1S/C18H19ClN2O2S/c19-16-8-6-14(7-9-16)10-20-11-15-12-21(13-18(15)20)24(22,23)17-4-2-1-3-5-17/h1-9,15,18H,10-13H2/t15-,18+/m0/s1. The first-order valence-corrected chi connectivity index (χ1v) is 9.89. The molecular weight excluding hydrogens is 344 g/mol. The number of nitrogens with zero attached hydrogens (tertiary/aromatic N) is 2. The van der Waals surface area contributed by atoms with Crippen LogP contribution in [0.5, 0.6) is 0 Å². The van der Waals surface area contributed by atoms with Gasteiger partial charge in [0, 0.05) is 43.2 Å². The van der Waals surface area contributed by atoms with Crippen molar-refractivity contribution in [1.29, 1.82) is 0 Å². The Morgan fingerprint density at radius 1 is 0.958 bits per heavy atom. The van der Waals surface area contributed by atoms with Crippen molar-refractivity contribution in [2.24, 2.45) is 5.92 Å². The van der Waals surface area contributed by atoms with E-state index in [1.807, 2.05) is 30.3 Å². The fourth-order valence-electron chi connectivity index (χ4n) is 3.65. The van der Waals surface area contributed by atoms with Gasteiger partial charge in [0.05, 0.1) is 4.90 Å². The van der Waals surface area contributed by atoms with Gasteiger partial charge in [-0.2, -0.15) is 4.31 Å². The third-order valence-corrected chi connectivity index (χ3v) is 7.09. The van der Waals surface area contributed by atoms with Crippen LogP contribution < -0.4 is 0 Å². The summed E-state index contributed by atoms with van der Waals surface area (Å²) < 4.78 is 27.1. The highest BCUT2D eigenvalue weighted by Crippen LogP contribution is 2.36. The number of benzene rings is 2. The smallest absolute Gasteiger partial charge is 0.243 e. The summed E-state index contributed by atoms with van der Waals surface area (Å²) in [7, 11) is -3.38. The molecule has 0 amide bonds. The molecule has 0 bridgehead atoms. The molecule has 2 aliphatic rings. The molecule has 126 valence electrons. The van der Waals surface area contributed by atoms with Crippen LogP contribution in [0.4, 0.5) is 0 Å². The molecule has 0 radical (unpaired) electrons. The van der Waals surface area contributed by atoms with Gasteiger partial charge in [0.1, 0.15) is 0 Å². The lowest BCUT2D eigenvalue weighted by molar-refractivity contribution is 0.0435. The lowest BCUT2D eigenvalue weighted by Crippen LogP contribution is -2.54. The molecule has 0 saturated carbocycles. The van der Waals surface area contributed by atoms with E-state index >= 15 is 0 Å². The molecule has 0 spiro atoms. The molecule has 4 rings (SSSR count). The van der Waals surface area contributed by atoms with Crippen LogP contribution in [0.3, 0.4) is 0 Å². The second kappa shape index (κ2) is 6.15. The highest BCUT2D eigenvalue weighted by atomic mass is 35.5. The maximum Gasteiger partial charge on any atom is 0.243 e. The fraction of sp³-hybridized carbons (Fsp3) is 0.333. The molecule has 2 heterocycles. The fourth-order valence-corrected chi connectivity index (χ4v) is 5.31. The number of sulfonamides is 1. The molecule has 0 aromatic heterocycles. The lowest BCUT2D eigenvalue weighted by Gasteiger charge is -2.43. The average Bonchev–Trinajstić information content (AvgIpc) is 2.93. The lowest BCUT2D eigenvalue weighted by atomic mass is 9.91. The van der Waals surface area contributed by atoms with Crippen molar-refractivity contribution in [3.63, 3.8) is 0 Å². The molecule has 2 atom stereocenters. The topological polar surface area (TPSA) is 40.6 Å². The van der Waals surface area contributed by atoms with E-state index in [0.29, 0.717) is 29.9 Å². The van der Waals surface area contributed by atoms with Crippen LogP contribution in [0.15, 0.2) is 59.5 Å². The van der Waals surface area contributed by atoms with E-state index in [9.17, 15) is 8.42 Å². The molecule has 0 unspecified atom stereocenters. The Labute approximate surface area is 147 Å². The van der Waals surface area contributed by atoms with E-state index in [1.165, 1.54) is 5.56 Å². The summed E-state index contributed by atoms with van der Waals surface area (Å²) in [5.74, 6) is 0.441. The van der Waals surface area contributed by atoms with Gasteiger partial charge in [-0.15, -0.1) is 0 Å². The zero-order valence-electron chi connectivity index (χ0n) is 13.2. The predicted octanol–water partition coefficient (Wildman–Crippen LogP) is 2.84. The van der Waals surface area contributed by atoms with Crippen molar-refractivity contribution < 1.29 is 8.42 Å². The number of halogens is 1. The molecular formula is C18H19ClN2O2S. The van der Waals surface area contributed by atoms with E-state index in [0.717, 1.165) is 18.1 Å². The van der Waals surface area contributed by atoms with Gasteiger partial charge in [-0.1, -0.05) is 41.9 Å². The van der Waals surface area contributed by atoms with Gasteiger partial charge in [-0.05, 0) is 29.8 Å². The van der Waals surface area contributed by atoms with E-state index in [-0.39, 0.29) is 0 Å². The minimum atomic E-state index is -3.38. The Balaban J connectivity index is 1.44. The average molecular weight is 363 g/mol. The van der Waals surface area contributed by atoms with Crippen LogP contribution in [0.25, 0.3) is 0 Å². The van der Waals surface area contributed by atoms with Gasteiger partial charge in [0.25, 0.3) is 0 Å². The summed E-state index contributed by atoms with van der Waals surface area (Å²) in [4.78, 5) is 2.74. The number of likely N-dealkylation sites (tertiary alicyclic amines) is 1. The van der Waals surface area contributed by atoms with E-state index in [1.54, 1.807) is 28.6 Å². The van der Waals surface area contributed by atoms with E-state index < -0.39 is 10.0 Å². The molecule has 24 heavy (non-hydrogen) atoms. The number of rotatable bonds is 4. The number of hydrogen-bond donors (Lipinski definition) is 0. The Morgan fingerprint density at radius 2 is 1.67 bits per heavy atom. The van der Waals surface area contributed by atoms with Crippen LogP contribution in [-0.4, -0.2) is 43.3 Å². The highest BCUT2D eigenvalue weighted by molar-refractivity contribution is 7.89. The van der Waals surface area contributed by atoms with Gasteiger partial charge >= 0.3 is 0 Å². The minimum Gasteiger partial charge on any atom is -0.294 e. The highest BCUT2D eigenvalue weighted by Gasteiger charge is 2.48. The SMILES string of the molecule is O=S(=O)(c1ccccc1)N1C[C@@H]2CN(Cc3ccc(Cl)cc3)[C@@H]2C1. The maximum absolute atomic E-state index is 12.7. The van der Waals surface area contributed by atoms with Gasteiger partial charge < -0.3 is 0 Å². The molecule has 2 aromatic rings. The Bertz CT molecular complexity index is 824. The van der Waals surface area contributed by atoms with Crippen molar-refractivity contribution in [1.82, 2.24) is 9.21 Å². The Hall–Kier alpha value is -1.40. The molecule has 2 saturated heterocycles. The van der Waals surface area contributed by atoms with Crippen molar-refractivity contribution in [2.45, 2.75) is 17.5 Å². The molecule has 0 aliphatic carbocycles. The molecule has 2 fully saturated rings. The van der Waals surface area contributed by atoms with Gasteiger partial charge in [0.2, 0.25) is 10.0 Å². The third-order valence-electron chi connectivity index (χ3n) is 4.99. The summed E-state index contributed by atoms with van der Waals surface area (Å²) in [6.45, 7) is 3.00. The van der Waals surface area contributed by atoms with Crippen LogP contribution in [0.2, 0.25) is 5.02 Å². The first kappa shape index (κ1) is 16.1. The second-order valence-corrected chi connectivity index (χ2v) is 8.89. The summed E-state index contributed by atoms with van der Waals surface area (Å²) in [5.41, 5.74) is 1.21. The van der Waals surface area contributed by atoms with Crippen molar-refractivity contribution in [3.05, 3.63) is 65.2 Å². The Morgan fingerprint density at radius 3 is 2.38 bits per heavy atom. The van der Waals surface area contributed by atoms with Gasteiger partial charge in [-0.25, -0.2) is 8.42 Å². The van der Waals surface area contributed by atoms with Crippen molar-refractivity contribution in [2.75, 3.05) is 19.6 Å². The normalized spacial score (nSPS) is 24.5.